The van der Waals surface area contributed by atoms with Crippen LogP contribution in [0.4, 0.5) is 10.5 Å². The van der Waals surface area contributed by atoms with Crippen molar-refractivity contribution in [2.24, 2.45) is 0 Å². The van der Waals surface area contributed by atoms with E-state index in [2.05, 4.69) is 30.9 Å². The van der Waals surface area contributed by atoms with Gasteiger partial charge in [0.05, 0.1) is 30.8 Å². The Morgan fingerprint density at radius 3 is 2.75 bits per heavy atom. The van der Waals surface area contributed by atoms with Crippen molar-refractivity contribution in [1.82, 2.24) is 30.3 Å². The fourth-order valence-corrected chi connectivity index (χ4v) is 1.35. The zero-order chi connectivity index (χ0) is 14.4. The van der Waals surface area contributed by atoms with Crippen molar-refractivity contribution in [3.63, 3.8) is 0 Å². The van der Waals surface area contributed by atoms with Gasteiger partial charge in [0.25, 0.3) is 0 Å². The number of hydrogen-bond acceptors (Lipinski definition) is 6. The Kier molecular flexibility index (Phi) is 4.17. The Bertz CT molecular complexity index is 598. The molecule has 0 saturated carbocycles. The van der Waals surface area contributed by atoms with Crippen molar-refractivity contribution in [3.05, 3.63) is 30.6 Å². The third-order valence-corrected chi connectivity index (χ3v) is 2.13. The van der Waals surface area contributed by atoms with Crippen LogP contribution < -0.4 is 10.6 Å². The molecule has 0 bridgehead atoms. The zero-order valence-corrected chi connectivity index (χ0v) is 10.2. The molecule has 0 spiro atoms. The molecular weight excluding hydrogens is 266 g/mol. The van der Waals surface area contributed by atoms with Crippen molar-refractivity contribution >= 4 is 17.7 Å². The van der Waals surface area contributed by atoms with Gasteiger partial charge in [-0.2, -0.15) is 0 Å². The molecule has 0 radical (unpaired) electrons. The minimum Gasteiger partial charge on any atom is -0.480 e. The molecule has 0 atom stereocenters. The molecule has 0 aromatic carbocycles. The van der Waals surface area contributed by atoms with Gasteiger partial charge in [-0.05, 0) is 0 Å². The van der Waals surface area contributed by atoms with E-state index >= 15 is 0 Å². The van der Waals surface area contributed by atoms with Gasteiger partial charge in [0.2, 0.25) is 0 Å². The van der Waals surface area contributed by atoms with Gasteiger partial charge >= 0.3 is 12.0 Å². The van der Waals surface area contributed by atoms with Crippen LogP contribution >= 0.6 is 0 Å². The second-order valence-corrected chi connectivity index (χ2v) is 3.74. The van der Waals surface area contributed by atoms with Gasteiger partial charge in [-0.15, -0.1) is 5.10 Å². The Labute approximate surface area is 112 Å². The van der Waals surface area contributed by atoms with Gasteiger partial charge in [0, 0.05) is 0 Å². The monoisotopic (exact) mass is 277 g/mol. The predicted molar refractivity (Wildman–Crippen MR) is 65.5 cm³/mol. The maximum Gasteiger partial charge on any atom is 0.325 e. The molecule has 104 valence electrons. The topological polar surface area (TPSA) is 135 Å². The van der Waals surface area contributed by atoms with E-state index in [1.807, 2.05) is 0 Å². The van der Waals surface area contributed by atoms with Crippen molar-refractivity contribution in [2.45, 2.75) is 13.1 Å². The molecule has 0 aliphatic rings. The van der Waals surface area contributed by atoms with Gasteiger partial charge in [-0.1, -0.05) is 5.21 Å². The first-order valence-corrected chi connectivity index (χ1v) is 5.54. The lowest BCUT2D eigenvalue weighted by atomic mass is 10.4. The summed E-state index contributed by atoms with van der Waals surface area (Å²) in [5.74, 6) is -1.02. The van der Waals surface area contributed by atoms with Crippen molar-refractivity contribution in [3.8, 4) is 0 Å². The molecule has 0 aliphatic heterocycles. The fraction of sp³-hybridized carbons (Fsp3) is 0.200. The zero-order valence-electron chi connectivity index (χ0n) is 10.2. The van der Waals surface area contributed by atoms with Crippen LogP contribution in [0.25, 0.3) is 0 Å². The van der Waals surface area contributed by atoms with Crippen LogP contribution in [0.2, 0.25) is 0 Å². The average molecular weight is 277 g/mol. The summed E-state index contributed by atoms with van der Waals surface area (Å²) in [7, 11) is 0. The second-order valence-electron chi connectivity index (χ2n) is 3.74. The van der Waals surface area contributed by atoms with E-state index in [-0.39, 0.29) is 13.1 Å². The largest absolute Gasteiger partial charge is 0.480 e. The van der Waals surface area contributed by atoms with Crippen LogP contribution in [-0.4, -0.2) is 42.1 Å². The number of nitrogens with zero attached hydrogens (tertiary/aromatic N) is 5. The van der Waals surface area contributed by atoms with E-state index in [1.54, 1.807) is 0 Å². The number of carboxylic acid groups (broad SMARTS) is 1. The highest BCUT2D eigenvalue weighted by Crippen LogP contribution is 2.00. The number of carbonyl (C=O) groups excluding carboxylic acids is 1. The number of amides is 2. The van der Waals surface area contributed by atoms with Gasteiger partial charge in [0.15, 0.2) is 0 Å². The Morgan fingerprint density at radius 2 is 2.05 bits per heavy atom. The normalized spacial score (nSPS) is 10.0. The third-order valence-electron chi connectivity index (χ3n) is 2.13. The summed E-state index contributed by atoms with van der Waals surface area (Å²) in [6, 6.07) is -0.451. The smallest absolute Gasteiger partial charge is 0.325 e. The van der Waals surface area contributed by atoms with Crippen LogP contribution in [-0.2, 0) is 17.9 Å². The van der Waals surface area contributed by atoms with Gasteiger partial charge in [0.1, 0.15) is 18.6 Å². The molecule has 2 amide bonds. The maximum absolute atomic E-state index is 11.5. The number of nitrogens with one attached hydrogen (secondary N) is 2. The molecule has 2 aromatic rings. The summed E-state index contributed by atoms with van der Waals surface area (Å²) in [6.07, 6.45) is 5.70. The van der Waals surface area contributed by atoms with Crippen LogP contribution in [0.3, 0.4) is 0 Å². The summed E-state index contributed by atoms with van der Waals surface area (Å²) < 4.78 is 1.17. The molecule has 2 rings (SSSR count). The number of hydrogen-bond donors (Lipinski definition) is 3. The number of carbonyl (C=O) groups is 2. The standard InChI is InChI=1S/C10H11N7O3/c18-9(19)5-17-4-8(15-16-17)3-13-10(20)14-7-1-11-6-12-2-7/h1-2,4,6H,3,5H2,(H,18,19)(H2,13,14,20). The SMILES string of the molecule is O=C(O)Cn1cc(CNC(=O)Nc2cncnc2)nn1. The predicted octanol–water partition coefficient (Wildman–Crippen LogP) is -0.526. The van der Waals surface area contributed by atoms with E-state index in [0.29, 0.717) is 11.4 Å². The molecule has 10 nitrogen and oxygen atoms in total. The Morgan fingerprint density at radius 1 is 1.30 bits per heavy atom. The first-order valence-electron chi connectivity index (χ1n) is 5.54. The van der Waals surface area contributed by atoms with E-state index in [9.17, 15) is 9.59 Å². The summed E-state index contributed by atoms with van der Waals surface area (Å²) in [5.41, 5.74) is 0.908. The van der Waals surface area contributed by atoms with Crippen molar-refractivity contribution < 1.29 is 14.7 Å². The minimum atomic E-state index is -1.02. The molecule has 2 heterocycles. The van der Waals surface area contributed by atoms with Crippen molar-refractivity contribution in [1.29, 1.82) is 0 Å². The first kappa shape index (κ1) is 13.4. The molecule has 2 aromatic heterocycles. The minimum absolute atomic E-state index is 0.124. The van der Waals surface area contributed by atoms with E-state index in [1.165, 1.54) is 29.6 Å². The maximum atomic E-state index is 11.5. The first-order chi connectivity index (χ1) is 9.63. The van der Waals surface area contributed by atoms with Crippen molar-refractivity contribution in [2.75, 3.05) is 5.32 Å². The molecule has 10 heteroatoms. The summed E-state index contributed by atoms with van der Waals surface area (Å²) in [4.78, 5) is 29.5. The van der Waals surface area contributed by atoms with Crippen LogP contribution in [0, 0.1) is 0 Å². The van der Waals surface area contributed by atoms with Gasteiger partial charge in [-0.3, -0.25) is 4.79 Å². The van der Waals surface area contributed by atoms with Gasteiger partial charge in [-0.25, -0.2) is 19.4 Å². The van der Waals surface area contributed by atoms with Gasteiger partial charge < -0.3 is 15.7 Å². The number of anilines is 1. The van der Waals surface area contributed by atoms with E-state index in [0.717, 1.165) is 0 Å². The highest BCUT2D eigenvalue weighted by atomic mass is 16.4. The van der Waals surface area contributed by atoms with Crippen LogP contribution in [0.5, 0.6) is 0 Å². The fourth-order valence-electron chi connectivity index (χ4n) is 1.35. The summed E-state index contributed by atoms with van der Waals surface area (Å²) >= 11 is 0. The molecular formula is C10H11N7O3. The highest BCUT2D eigenvalue weighted by molar-refractivity contribution is 5.88. The number of carboxylic acids is 1. The Balaban J connectivity index is 1.81. The lowest BCUT2D eigenvalue weighted by molar-refractivity contribution is -0.137. The highest BCUT2D eigenvalue weighted by Gasteiger charge is 2.06. The number of rotatable bonds is 5. The lowest BCUT2D eigenvalue weighted by Gasteiger charge is -2.04. The molecule has 20 heavy (non-hydrogen) atoms. The summed E-state index contributed by atoms with van der Waals surface area (Å²) in [6.45, 7) is -0.153. The Hall–Kier alpha value is -3.04. The lowest BCUT2D eigenvalue weighted by Crippen LogP contribution is -2.28. The van der Waals surface area contributed by atoms with E-state index < -0.39 is 12.0 Å². The van der Waals surface area contributed by atoms with Crippen LogP contribution in [0.15, 0.2) is 24.9 Å². The second kappa shape index (κ2) is 6.22. The molecule has 0 fully saturated rings. The number of aromatic nitrogens is 5. The quantitative estimate of drug-likeness (QED) is 0.668. The average Bonchev–Trinajstić information content (AvgIpc) is 2.84. The third kappa shape index (κ3) is 4.01. The summed E-state index contributed by atoms with van der Waals surface area (Å²) in [5, 5.41) is 21.0. The van der Waals surface area contributed by atoms with Crippen LogP contribution in [0.1, 0.15) is 5.69 Å². The number of aliphatic carboxylic acids is 1. The molecule has 0 unspecified atom stereocenters. The molecule has 0 saturated heterocycles. The number of urea groups is 1. The van der Waals surface area contributed by atoms with E-state index in [4.69, 9.17) is 5.11 Å². The molecule has 3 N–H and O–H groups in total. The molecule has 0 aliphatic carbocycles.